The van der Waals surface area contributed by atoms with Gasteiger partial charge in [0.15, 0.2) is 5.75 Å². The largest absolute Gasteiger partial charge is 0.431 e. The van der Waals surface area contributed by atoms with Crippen molar-refractivity contribution < 1.29 is 9.66 Å². The molecule has 2 heterocycles. The average molecular weight is 478 g/mol. The van der Waals surface area contributed by atoms with Crippen LogP contribution >= 0.6 is 0 Å². The first-order valence-corrected chi connectivity index (χ1v) is 11.4. The van der Waals surface area contributed by atoms with Crippen LogP contribution in [0.5, 0.6) is 11.6 Å². The van der Waals surface area contributed by atoms with E-state index in [0.717, 1.165) is 22.2 Å². The molecule has 8 heteroatoms. The van der Waals surface area contributed by atoms with Gasteiger partial charge in [0.1, 0.15) is 11.8 Å². The fraction of sp³-hybridized carbons (Fsp3) is 0.107. The summed E-state index contributed by atoms with van der Waals surface area (Å²) in [7, 11) is 0. The zero-order valence-electron chi connectivity index (χ0n) is 19.6. The van der Waals surface area contributed by atoms with Crippen LogP contribution in [0.15, 0.2) is 97.3 Å². The molecule has 0 spiro atoms. The van der Waals surface area contributed by atoms with Crippen LogP contribution in [0.25, 0.3) is 10.9 Å². The Morgan fingerprint density at radius 1 is 0.833 bits per heavy atom. The van der Waals surface area contributed by atoms with E-state index < -0.39 is 4.92 Å². The lowest BCUT2D eigenvalue weighted by Crippen LogP contribution is -2.24. The number of hydrogen-bond donors (Lipinski definition) is 0. The summed E-state index contributed by atoms with van der Waals surface area (Å²) < 4.78 is 6.05. The van der Waals surface area contributed by atoms with Crippen LogP contribution in [0.1, 0.15) is 16.8 Å². The molecule has 5 aromatic rings. The summed E-state index contributed by atoms with van der Waals surface area (Å²) in [5, 5.41) is 13.2. The molecule has 8 nitrogen and oxygen atoms in total. The van der Waals surface area contributed by atoms with Crippen molar-refractivity contribution in [3.05, 3.63) is 124 Å². The summed E-state index contributed by atoms with van der Waals surface area (Å²) in [6.07, 6.45) is 1.30. The van der Waals surface area contributed by atoms with E-state index in [0.29, 0.717) is 24.4 Å². The number of para-hydroxylation sites is 1. The fourth-order valence-electron chi connectivity index (χ4n) is 4.04. The Bertz CT molecular complexity index is 1470. The molecule has 0 atom stereocenters. The van der Waals surface area contributed by atoms with Crippen molar-refractivity contribution in [3.8, 4) is 11.6 Å². The number of benzene rings is 3. The molecule has 0 fully saturated rings. The minimum absolute atomic E-state index is 0.132. The van der Waals surface area contributed by atoms with E-state index in [1.165, 1.54) is 6.33 Å². The van der Waals surface area contributed by atoms with Crippen molar-refractivity contribution in [1.82, 2.24) is 15.0 Å². The Labute approximate surface area is 208 Å². The minimum atomic E-state index is -0.489. The predicted octanol–water partition coefficient (Wildman–Crippen LogP) is 6.24. The molecular formula is C28H23N5O3. The number of aromatic nitrogens is 3. The van der Waals surface area contributed by atoms with E-state index in [2.05, 4.69) is 15.0 Å². The third kappa shape index (κ3) is 4.97. The van der Waals surface area contributed by atoms with Crippen molar-refractivity contribution in [2.45, 2.75) is 20.0 Å². The molecule has 0 N–H and O–H groups in total. The minimum Gasteiger partial charge on any atom is -0.431 e. The number of ether oxygens (including phenoxy) is 1. The maximum atomic E-state index is 12.4. The Morgan fingerprint density at radius 3 is 2.14 bits per heavy atom. The Hall–Kier alpha value is -4.85. The lowest BCUT2D eigenvalue weighted by atomic mass is 10.1. The maximum Gasteiger partial charge on any atom is 0.373 e. The van der Waals surface area contributed by atoms with E-state index in [9.17, 15) is 10.1 Å². The van der Waals surface area contributed by atoms with Gasteiger partial charge in [0.2, 0.25) is 5.82 Å². The number of hydrogen-bond acceptors (Lipinski definition) is 7. The maximum absolute atomic E-state index is 12.4. The van der Waals surface area contributed by atoms with Crippen LogP contribution in [0.3, 0.4) is 0 Å². The predicted molar refractivity (Wildman–Crippen MR) is 138 cm³/mol. The summed E-state index contributed by atoms with van der Waals surface area (Å²) >= 11 is 0. The normalized spacial score (nSPS) is 10.8. The van der Waals surface area contributed by atoms with Crippen LogP contribution in [0.4, 0.5) is 11.5 Å². The Morgan fingerprint density at radius 2 is 1.50 bits per heavy atom. The van der Waals surface area contributed by atoms with Gasteiger partial charge >= 0.3 is 11.6 Å². The van der Waals surface area contributed by atoms with E-state index in [-0.39, 0.29) is 17.4 Å². The van der Waals surface area contributed by atoms with Gasteiger partial charge in [-0.05, 0) is 30.2 Å². The Kier molecular flexibility index (Phi) is 6.48. The molecule has 0 saturated heterocycles. The molecule has 0 bridgehead atoms. The number of nitro groups is 1. The first-order chi connectivity index (χ1) is 17.6. The number of aryl methyl sites for hydroxylation is 1. The third-order valence-corrected chi connectivity index (χ3v) is 5.71. The topological polar surface area (TPSA) is 94.3 Å². The molecular weight excluding hydrogens is 454 g/mol. The first kappa shape index (κ1) is 22.9. The lowest BCUT2D eigenvalue weighted by Gasteiger charge is -2.24. The lowest BCUT2D eigenvalue weighted by molar-refractivity contribution is -0.385. The zero-order chi connectivity index (χ0) is 24.9. The summed E-state index contributed by atoms with van der Waals surface area (Å²) in [6.45, 7) is 2.72. The quantitative estimate of drug-likeness (QED) is 0.193. The average Bonchev–Trinajstić information content (AvgIpc) is 2.89. The van der Waals surface area contributed by atoms with Crippen LogP contribution in [-0.4, -0.2) is 19.9 Å². The highest BCUT2D eigenvalue weighted by Gasteiger charge is 2.29. The molecule has 0 aliphatic heterocycles. The summed E-state index contributed by atoms with van der Waals surface area (Å²) in [4.78, 5) is 26.8. The number of nitrogens with zero attached hydrogens (tertiary/aromatic N) is 5. The van der Waals surface area contributed by atoms with Crippen molar-refractivity contribution in [3.63, 3.8) is 0 Å². The molecule has 36 heavy (non-hydrogen) atoms. The second-order valence-corrected chi connectivity index (χ2v) is 8.32. The monoisotopic (exact) mass is 477 g/mol. The molecule has 5 rings (SSSR count). The third-order valence-electron chi connectivity index (χ3n) is 5.71. The van der Waals surface area contributed by atoms with Gasteiger partial charge in [0.25, 0.3) is 0 Å². The molecule has 0 saturated carbocycles. The van der Waals surface area contributed by atoms with Gasteiger partial charge in [-0.3, -0.25) is 10.1 Å². The second kappa shape index (κ2) is 10.2. The SMILES string of the molecule is Cc1ccc2cccc(Oc3ncnc(N(Cc4ccccc4)Cc4ccccc4)c3[N+](=O)[O-])c2n1. The van der Waals surface area contributed by atoms with Gasteiger partial charge in [-0.2, -0.15) is 4.98 Å². The van der Waals surface area contributed by atoms with Crippen LogP contribution < -0.4 is 9.64 Å². The van der Waals surface area contributed by atoms with Crippen molar-refractivity contribution in [2.75, 3.05) is 4.90 Å². The highest BCUT2D eigenvalue weighted by molar-refractivity contribution is 5.85. The standard InChI is InChI=1S/C28H23N5O3/c1-20-15-16-23-13-8-14-24(25(23)31-20)36-28-26(33(34)35)27(29-19-30-28)32(17-21-9-4-2-5-10-21)18-22-11-6-3-7-12-22/h2-16,19H,17-18H2,1H3. The molecule has 0 aliphatic rings. The Balaban J connectivity index is 1.59. The summed E-state index contributed by atoms with van der Waals surface area (Å²) in [5.41, 5.74) is 3.12. The van der Waals surface area contributed by atoms with Crippen LogP contribution in [0, 0.1) is 17.0 Å². The fourth-order valence-corrected chi connectivity index (χ4v) is 4.04. The van der Waals surface area contributed by atoms with Crippen molar-refractivity contribution in [2.24, 2.45) is 0 Å². The van der Waals surface area contributed by atoms with Crippen LogP contribution in [-0.2, 0) is 13.1 Å². The zero-order valence-corrected chi connectivity index (χ0v) is 19.6. The van der Waals surface area contributed by atoms with Crippen molar-refractivity contribution in [1.29, 1.82) is 0 Å². The first-order valence-electron chi connectivity index (χ1n) is 11.4. The molecule has 0 unspecified atom stereocenters. The van der Waals surface area contributed by atoms with Crippen LogP contribution in [0.2, 0.25) is 0 Å². The van der Waals surface area contributed by atoms with Gasteiger partial charge in [-0.15, -0.1) is 0 Å². The van der Waals surface area contributed by atoms with Gasteiger partial charge in [0.05, 0.1) is 4.92 Å². The smallest absolute Gasteiger partial charge is 0.373 e. The van der Waals surface area contributed by atoms with E-state index in [1.54, 1.807) is 6.07 Å². The molecule has 0 radical (unpaired) electrons. The van der Waals surface area contributed by atoms with Gasteiger partial charge in [0, 0.05) is 24.2 Å². The number of pyridine rings is 1. The molecule has 0 amide bonds. The molecule has 0 aliphatic carbocycles. The number of rotatable bonds is 8. The summed E-state index contributed by atoms with van der Waals surface area (Å²) in [6, 6.07) is 28.8. The number of fused-ring (bicyclic) bond motifs is 1. The van der Waals surface area contributed by atoms with Gasteiger partial charge < -0.3 is 9.64 Å². The second-order valence-electron chi connectivity index (χ2n) is 8.32. The van der Waals surface area contributed by atoms with Gasteiger partial charge in [-0.1, -0.05) is 78.9 Å². The highest BCUT2D eigenvalue weighted by Crippen LogP contribution is 2.38. The summed E-state index contributed by atoms with van der Waals surface area (Å²) in [5.74, 6) is 0.440. The highest BCUT2D eigenvalue weighted by atomic mass is 16.6. The van der Waals surface area contributed by atoms with E-state index in [1.807, 2.05) is 96.8 Å². The van der Waals surface area contributed by atoms with E-state index >= 15 is 0 Å². The molecule has 2 aromatic heterocycles. The molecule has 178 valence electrons. The van der Waals surface area contributed by atoms with Crippen molar-refractivity contribution >= 4 is 22.4 Å². The number of anilines is 1. The molecule has 3 aromatic carbocycles. The van der Waals surface area contributed by atoms with E-state index in [4.69, 9.17) is 4.74 Å². The van der Waals surface area contributed by atoms with Gasteiger partial charge in [-0.25, -0.2) is 9.97 Å².